The lowest BCUT2D eigenvalue weighted by Gasteiger charge is -2.31. The number of pyridine rings is 1. The van der Waals surface area contributed by atoms with E-state index < -0.39 is 6.04 Å². The van der Waals surface area contributed by atoms with E-state index in [1.807, 2.05) is 79.7 Å². The fourth-order valence-corrected chi connectivity index (χ4v) is 5.19. The highest BCUT2D eigenvalue weighted by Gasteiger charge is 2.31. The van der Waals surface area contributed by atoms with Crippen LogP contribution in [0.1, 0.15) is 39.7 Å². The van der Waals surface area contributed by atoms with Crippen LogP contribution >= 0.6 is 0 Å². The Morgan fingerprint density at radius 1 is 0.829 bits per heavy atom. The number of aromatic amines is 1. The topological polar surface area (TPSA) is 79.7 Å². The average Bonchev–Trinajstić information content (AvgIpc) is 3.43. The van der Waals surface area contributed by atoms with Gasteiger partial charge in [-0.15, -0.1) is 5.10 Å². The van der Waals surface area contributed by atoms with Crippen LogP contribution in [0.3, 0.4) is 0 Å². The van der Waals surface area contributed by atoms with Crippen LogP contribution in [0.15, 0.2) is 114 Å². The molecule has 6 rings (SSSR count). The molecule has 0 amide bonds. The minimum Gasteiger partial charge on any atom is -0.322 e. The van der Waals surface area contributed by atoms with Gasteiger partial charge in [-0.25, -0.2) is 9.07 Å². The Labute approximate surface area is 236 Å². The maximum absolute atomic E-state index is 13.8. The lowest BCUT2D eigenvalue weighted by molar-refractivity contribution is 0.194. The summed E-state index contributed by atoms with van der Waals surface area (Å²) in [5.74, 6) is 0.247. The van der Waals surface area contributed by atoms with Crippen molar-refractivity contribution >= 4 is 10.9 Å². The van der Waals surface area contributed by atoms with E-state index in [4.69, 9.17) is 0 Å². The van der Waals surface area contributed by atoms with E-state index in [0.717, 1.165) is 33.2 Å². The van der Waals surface area contributed by atoms with Crippen LogP contribution in [0.5, 0.6) is 0 Å². The predicted octanol–water partition coefficient (Wildman–Crippen LogP) is 5.80. The first-order valence-electron chi connectivity index (χ1n) is 13.5. The Hall–Kier alpha value is -4.95. The second kappa shape index (κ2) is 11.7. The molecule has 41 heavy (non-hydrogen) atoms. The lowest BCUT2D eigenvalue weighted by atomic mass is 10.0. The summed E-state index contributed by atoms with van der Waals surface area (Å²) in [5, 5.41) is 13.8. The van der Waals surface area contributed by atoms with Gasteiger partial charge in [-0.3, -0.25) is 9.69 Å². The second-order valence-electron chi connectivity index (χ2n) is 10.2. The maximum Gasteiger partial charge on any atom is 0.253 e. The normalized spacial score (nSPS) is 12.2. The van der Waals surface area contributed by atoms with Gasteiger partial charge < -0.3 is 4.98 Å². The summed E-state index contributed by atoms with van der Waals surface area (Å²) < 4.78 is 15.6. The van der Waals surface area contributed by atoms with E-state index in [-0.39, 0.29) is 11.4 Å². The molecule has 7 nitrogen and oxygen atoms in total. The molecule has 2 heterocycles. The molecule has 0 bridgehead atoms. The molecule has 0 aliphatic rings. The number of aryl methyl sites for hydroxylation is 1. The Morgan fingerprint density at radius 2 is 1.49 bits per heavy atom. The third-order valence-corrected chi connectivity index (χ3v) is 7.20. The zero-order valence-electron chi connectivity index (χ0n) is 22.6. The number of hydrogen-bond donors (Lipinski definition) is 1. The number of aromatic nitrogens is 5. The van der Waals surface area contributed by atoms with Crippen LogP contribution in [0.2, 0.25) is 0 Å². The first kappa shape index (κ1) is 26.3. The Balaban J connectivity index is 1.52. The van der Waals surface area contributed by atoms with Crippen molar-refractivity contribution in [2.24, 2.45) is 0 Å². The summed E-state index contributed by atoms with van der Waals surface area (Å²) in [7, 11) is 0. The van der Waals surface area contributed by atoms with Crippen LogP contribution < -0.4 is 5.56 Å². The summed E-state index contributed by atoms with van der Waals surface area (Å²) >= 11 is 0. The number of nitrogens with one attached hydrogen (secondary N) is 1. The van der Waals surface area contributed by atoms with Gasteiger partial charge in [-0.1, -0.05) is 84.9 Å². The van der Waals surface area contributed by atoms with E-state index in [0.29, 0.717) is 31.0 Å². The van der Waals surface area contributed by atoms with Gasteiger partial charge in [0.05, 0.1) is 6.54 Å². The van der Waals surface area contributed by atoms with Crippen LogP contribution in [0.25, 0.3) is 10.9 Å². The van der Waals surface area contributed by atoms with Crippen LogP contribution in [-0.4, -0.2) is 30.1 Å². The number of benzene rings is 4. The quantitative estimate of drug-likeness (QED) is 0.249. The van der Waals surface area contributed by atoms with Crippen LogP contribution in [-0.2, 0) is 19.6 Å². The highest BCUT2D eigenvalue weighted by Crippen LogP contribution is 2.30. The summed E-state index contributed by atoms with van der Waals surface area (Å²) in [5.41, 5.74) is 5.16. The van der Waals surface area contributed by atoms with E-state index in [1.165, 1.54) is 12.1 Å². The van der Waals surface area contributed by atoms with Gasteiger partial charge in [0.25, 0.3) is 5.56 Å². The van der Waals surface area contributed by atoms with E-state index in [9.17, 15) is 9.18 Å². The number of H-pyrrole nitrogens is 1. The third-order valence-electron chi connectivity index (χ3n) is 7.20. The summed E-state index contributed by atoms with van der Waals surface area (Å²) in [6, 6.07) is 33.8. The average molecular weight is 545 g/mol. The Morgan fingerprint density at radius 3 is 2.20 bits per heavy atom. The summed E-state index contributed by atoms with van der Waals surface area (Å²) in [6.07, 6.45) is 0. The Bertz CT molecular complexity index is 1820. The largest absolute Gasteiger partial charge is 0.322 e. The van der Waals surface area contributed by atoms with E-state index in [1.54, 1.807) is 16.8 Å². The van der Waals surface area contributed by atoms with Gasteiger partial charge in [0.2, 0.25) is 0 Å². The minimum absolute atomic E-state index is 0.209. The van der Waals surface area contributed by atoms with E-state index >= 15 is 0 Å². The van der Waals surface area contributed by atoms with Gasteiger partial charge in [0, 0.05) is 24.2 Å². The molecule has 0 aliphatic carbocycles. The molecule has 6 aromatic rings. The summed E-state index contributed by atoms with van der Waals surface area (Å²) in [4.78, 5) is 19.1. The van der Waals surface area contributed by atoms with Crippen molar-refractivity contribution in [3.63, 3.8) is 0 Å². The number of nitrogens with zero attached hydrogens (tertiary/aromatic N) is 5. The fourth-order valence-electron chi connectivity index (χ4n) is 5.19. The van der Waals surface area contributed by atoms with Gasteiger partial charge in [-0.05, 0) is 69.3 Å². The van der Waals surface area contributed by atoms with E-state index in [2.05, 4.69) is 37.5 Å². The number of tetrazole rings is 1. The monoisotopic (exact) mass is 544 g/mol. The highest BCUT2D eigenvalue weighted by atomic mass is 19.1. The standard InChI is InChI=1S/C33H29FN6O/c1-23-12-15-27-19-29(33(41)35-30(27)18-23)31(32-36-37-38-40(32)22-25-10-6-3-7-11-25)39(20-24-8-4-2-5-9-24)21-26-13-16-28(34)17-14-26/h2-19,31H,20-22H2,1H3,(H,35,41)/t31-/m1/s1. The molecule has 0 unspecified atom stereocenters. The molecular weight excluding hydrogens is 515 g/mol. The van der Waals surface area contributed by atoms with Crippen molar-refractivity contribution in [3.8, 4) is 0 Å². The number of halogens is 1. The molecule has 0 radical (unpaired) electrons. The van der Waals surface area contributed by atoms with Crippen molar-refractivity contribution in [1.82, 2.24) is 30.1 Å². The van der Waals surface area contributed by atoms with Gasteiger partial charge >= 0.3 is 0 Å². The van der Waals surface area contributed by atoms with Crippen molar-refractivity contribution < 1.29 is 4.39 Å². The zero-order chi connectivity index (χ0) is 28.2. The molecular formula is C33H29FN6O. The van der Waals surface area contributed by atoms with Crippen molar-refractivity contribution in [2.45, 2.75) is 32.6 Å². The number of fused-ring (bicyclic) bond motifs is 1. The van der Waals surface area contributed by atoms with Crippen LogP contribution in [0, 0.1) is 12.7 Å². The van der Waals surface area contributed by atoms with Crippen molar-refractivity contribution in [2.75, 3.05) is 0 Å². The van der Waals surface area contributed by atoms with Gasteiger partial charge in [0.15, 0.2) is 5.82 Å². The first-order chi connectivity index (χ1) is 20.0. The fraction of sp³-hybridized carbons (Fsp3) is 0.152. The smallest absolute Gasteiger partial charge is 0.253 e. The molecule has 8 heteroatoms. The molecule has 4 aromatic carbocycles. The minimum atomic E-state index is -0.603. The number of rotatable bonds is 9. The second-order valence-corrected chi connectivity index (χ2v) is 10.2. The molecule has 0 saturated heterocycles. The molecule has 2 aromatic heterocycles. The molecule has 0 spiro atoms. The molecule has 1 N–H and O–H groups in total. The van der Waals surface area contributed by atoms with Crippen molar-refractivity contribution in [3.05, 3.63) is 159 Å². The molecule has 0 saturated carbocycles. The molecule has 1 atom stereocenters. The van der Waals surface area contributed by atoms with Gasteiger partial charge in [0.1, 0.15) is 11.9 Å². The molecule has 0 aliphatic heterocycles. The predicted molar refractivity (Wildman–Crippen MR) is 157 cm³/mol. The van der Waals surface area contributed by atoms with Crippen molar-refractivity contribution in [1.29, 1.82) is 0 Å². The highest BCUT2D eigenvalue weighted by molar-refractivity contribution is 5.79. The van der Waals surface area contributed by atoms with Crippen LogP contribution in [0.4, 0.5) is 4.39 Å². The molecule has 204 valence electrons. The zero-order valence-corrected chi connectivity index (χ0v) is 22.6. The Kier molecular flexibility index (Phi) is 7.47. The summed E-state index contributed by atoms with van der Waals surface area (Å²) in [6.45, 7) is 3.38. The lowest BCUT2D eigenvalue weighted by Crippen LogP contribution is -2.35. The third kappa shape index (κ3) is 5.97. The maximum atomic E-state index is 13.8. The van der Waals surface area contributed by atoms with Gasteiger partial charge in [-0.2, -0.15) is 0 Å². The first-order valence-corrected chi connectivity index (χ1v) is 13.5. The number of hydrogen-bond acceptors (Lipinski definition) is 5. The molecule has 0 fully saturated rings. The SMILES string of the molecule is Cc1ccc2cc([C@H](c3nnnn3Cc3ccccc3)N(Cc3ccccc3)Cc3ccc(F)cc3)c(=O)[nH]c2c1.